The predicted molar refractivity (Wildman–Crippen MR) is 81.8 cm³/mol. The van der Waals surface area contributed by atoms with Crippen LogP contribution in [0.5, 0.6) is 0 Å². The van der Waals surface area contributed by atoms with Gasteiger partial charge < -0.3 is 29.8 Å². The van der Waals surface area contributed by atoms with E-state index in [1.54, 1.807) is 0 Å². The third kappa shape index (κ3) is 8.10. The molecule has 25 heavy (non-hydrogen) atoms. The molecule has 0 fully saturated rings. The number of rotatable bonds is 0. The van der Waals surface area contributed by atoms with Crippen molar-refractivity contribution in [1.29, 1.82) is 0 Å². The summed E-state index contributed by atoms with van der Waals surface area (Å²) in [5.74, 6) is 0. The molecular weight excluding hydrogens is 380 g/mol. The number of aromatic nitrogens is 6. The van der Waals surface area contributed by atoms with Gasteiger partial charge in [-0.25, -0.2) is 29.3 Å². The Morgan fingerprint density at radius 1 is 0.600 bits per heavy atom. The fourth-order valence-corrected chi connectivity index (χ4v) is 1.03. The first-order valence-electron chi connectivity index (χ1n) is 6.05. The van der Waals surface area contributed by atoms with Gasteiger partial charge in [-0.3, -0.25) is 0 Å². The zero-order chi connectivity index (χ0) is 17.9. The van der Waals surface area contributed by atoms with Crippen molar-refractivity contribution >= 4 is 0 Å². The fraction of sp³-hybridized carbons (Fsp3) is 0. The van der Waals surface area contributed by atoms with E-state index < -0.39 is 17.1 Å². The maximum absolute atomic E-state index is 10.2. The second-order valence-corrected chi connectivity index (χ2v) is 3.68. The summed E-state index contributed by atoms with van der Waals surface area (Å²) in [4.78, 5) is 40.0. The van der Waals surface area contributed by atoms with Crippen molar-refractivity contribution in [1.82, 2.24) is 29.1 Å². The van der Waals surface area contributed by atoms with Crippen LogP contribution in [0.25, 0.3) is 0 Å². The van der Waals surface area contributed by atoms with E-state index in [9.17, 15) is 30.0 Å². The molecule has 12 nitrogen and oxygen atoms in total. The van der Waals surface area contributed by atoms with Gasteiger partial charge in [-0.1, -0.05) is 0 Å². The van der Waals surface area contributed by atoms with Gasteiger partial charge in [0.05, 0.1) is 0 Å². The topological polar surface area (TPSA) is 174 Å². The van der Waals surface area contributed by atoms with Gasteiger partial charge in [-0.05, 0) is 18.2 Å². The van der Waals surface area contributed by atoms with Crippen LogP contribution in [0.2, 0.25) is 0 Å². The van der Waals surface area contributed by atoms with Crippen LogP contribution in [0.1, 0.15) is 0 Å². The molecule has 0 aromatic carbocycles. The van der Waals surface area contributed by atoms with Crippen LogP contribution in [0.4, 0.5) is 0 Å². The monoisotopic (exact) mass is 389 g/mol. The van der Waals surface area contributed by atoms with Crippen molar-refractivity contribution in [3.63, 3.8) is 0 Å². The van der Waals surface area contributed by atoms with E-state index in [4.69, 9.17) is 0 Å². The van der Waals surface area contributed by atoms with Crippen LogP contribution in [0.15, 0.2) is 69.8 Å². The Hall–Kier alpha value is -3.44. The van der Waals surface area contributed by atoms with Crippen LogP contribution in [-0.4, -0.2) is 29.1 Å². The van der Waals surface area contributed by atoms with Crippen molar-refractivity contribution in [3.05, 3.63) is 102 Å². The van der Waals surface area contributed by atoms with E-state index in [2.05, 4.69) is 15.0 Å². The third-order valence-corrected chi connectivity index (χ3v) is 2.04. The van der Waals surface area contributed by atoms with Crippen molar-refractivity contribution in [2.24, 2.45) is 0 Å². The molecule has 0 saturated heterocycles. The predicted octanol–water partition coefficient (Wildman–Crippen LogP) is -1.23. The maximum atomic E-state index is 10.2. The minimum atomic E-state index is -0.771. The summed E-state index contributed by atoms with van der Waals surface area (Å²) >= 11 is 0. The summed E-state index contributed by atoms with van der Waals surface area (Å²) < 4.78 is 0.500. The summed E-state index contributed by atoms with van der Waals surface area (Å²) in [6.07, 6.45) is 7.14. The Balaban J connectivity index is 0.000000339. The normalized spacial score (nSPS) is 8.64. The van der Waals surface area contributed by atoms with E-state index >= 15 is 0 Å². The van der Waals surface area contributed by atoms with E-state index in [-0.39, 0.29) is 31.3 Å². The summed E-state index contributed by atoms with van der Waals surface area (Å²) in [5, 5.41) is 30.5. The first kappa shape index (κ1) is 21.6. The third-order valence-electron chi connectivity index (χ3n) is 2.04. The first-order valence-corrected chi connectivity index (χ1v) is 6.05. The van der Waals surface area contributed by atoms with Crippen molar-refractivity contribution < 1.29 is 17.1 Å². The van der Waals surface area contributed by atoms with Gasteiger partial charge in [0.2, 0.25) is 0 Å². The van der Waals surface area contributed by atoms with Crippen LogP contribution < -0.4 is 17.1 Å². The first-order chi connectivity index (χ1) is 11.4. The summed E-state index contributed by atoms with van der Waals surface area (Å²) in [7, 11) is 0. The molecule has 3 aromatic rings. The average Bonchev–Trinajstić information content (AvgIpc) is 2.57. The summed E-state index contributed by atoms with van der Waals surface area (Å²) in [6.45, 7) is 0. The molecule has 0 unspecified atom stereocenters. The van der Waals surface area contributed by atoms with Crippen molar-refractivity contribution in [3.8, 4) is 0 Å². The molecule has 13 heteroatoms. The Labute approximate surface area is 149 Å². The maximum Gasteiger partial charge on any atom is 3.00 e. The molecule has 0 spiro atoms. The molecule has 3 aromatic heterocycles. The standard InChI is InChI=1S/3C4H3N2O2.Fe/c3*7-4-5-2-1-3-6(4)8;/h3*1-3H;/q3*-1;+3. The molecule has 0 bridgehead atoms. The van der Waals surface area contributed by atoms with Gasteiger partial charge in [0.1, 0.15) is 0 Å². The smallest absolute Gasteiger partial charge is 0.802 e. The molecule has 0 aliphatic rings. The number of hydrogen-bond acceptors (Lipinski definition) is 9. The molecule has 0 aliphatic heterocycles. The average molecular weight is 389 g/mol. The van der Waals surface area contributed by atoms with E-state index in [1.165, 1.54) is 36.8 Å². The Morgan fingerprint density at radius 3 is 0.960 bits per heavy atom. The van der Waals surface area contributed by atoms with Crippen molar-refractivity contribution in [2.75, 3.05) is 0 Å². The van der Waals surface area contributed by atoms with Gasteiger partial charge in [0.15, 0.2) is 0 Å². The number of hydrogen-bond donors (Lipinski definition) is 0. The van der Waals surface area contributed by atoms with Gasteiger partial charge in [0.25, 0.3) is 0 Å². The SMILES string of the molecule is O=c1ncccn1[O-].O=c1ncccn1[O-].O=c1ncccn1[O-].[Fe+3]. The molecule has 0 aliphatic carbocycles. The van der Waals surface area contributed by atoms with Gasteiger partial charge in [-0.2, -0.15) is 0 Å². The summed E-state index contributed by atoms with van der Waals surface area (Å²) in [6, 6.07) is 4.19. The molecule has 3 rings (SSSR count). The molecule has 0 N–H and O–H groups in total. The second-order valence-electron chi connectivity index (χ2n) is 3.68. The quantitative estimate of drug-likeness (QED) is 0.426. The number of nitrogens with zero attached hydrogens (tertiary/aromatic N) is 6. The van der Waals surface area contributed by atoms with Crippen LogP contribution in [-0.2, 0) is 17.1 Å². The molecule has 131 valence electrons. The zero-order valence-corrected chi connectivity index (χ0v) is 13.3. The van der Waals surface area contributed by atoms with Crippen LogP contribution in [0, 0.1) is 15.6 Å². The van der Waals surface area contributed by atoms with Gasteiger partial charge in [-0.15, -0.1) is 0 Å². The van der Waals surface area contributed by atoms with E-state index in [1.807, 2.05) is 0 Å². The molecule has 3 heterocycles. The molecule has 0 amide bonds. The Bertz CT molecular complexity index is 817. The zero-order valence-electron chi connectivity index (χ0n) is 12.2. The fourth-order valence-electron chi connectivity index (χ4n) is 1.03. The van der Waals surface area contributed by atoms with Gasteiger partial charge in [0, 0.05) is 37.2 Å². The minimum absolute atomic E-state index is 0. The van der Waals surface area contributed by atoms with E-state index in [0.717, 1.165) is 18.6 Å². The van der Waals surface area contributed by atoms with Crippen molar-refractivity contribution in [2.45, 2.75) is 0 Å². The molecule has 1 radical (unpaired) electrons. The molecule has 0 atom stereocenters. The van der Waals surface area contributed by atoms with Gasteiger partial charge >= 0.3 is 34.1 Å². The Morgan fingerprint density at radius 2 is 0.840 bits per heavy atom. The van der Waals surface area contributed by atoms with Crippen LogP contribution in [0.3, 0.4) is 0 Å². The minimum Gasteiger partial charge on any atom is -0.802 e. The second kappa shape index (κ2) is 11.2. The van der Waals surface area contributed by atoms with Crippen LogP contribution >= 0.6 is 0 Å². The summed E-state index contributed by atoms with van der Waals surface area (Å²) in [5.41, 5.74) is -2.31. The Kier molecular flexibility index (Phi) is 9.62. The largest absolute Gasteiger partial charge is 3.00 e. The van der Waals surface area contributed by atoms with E-state index in [0.29, 0.717) is 0 Å². The molecule has 0 saturated carbocycles. The molecular formula is C12H9FeN6O6.